The summed E-state index contributed by atoms with van der Waals surface area (Å²) in [5.74, 6) is 0.138. The molecule has 0 radical (unpaired) electrons. The van der Waals surface area contributed by atoms with E-state index >= 15 is 0 Å². The monoisotopic (exact) mass is 461 g/mol. The van der Waals surface area contributed by atoms with E-state index in [0.717, 1.165) is 4.47 Å². The molecule has 0 unspecified atom stereocenters. The zero-order valence-corrected chi connectivity index (χ0v) is 17.9. The van der Waals surface area contributed by atoms with E-state index in [9.17, 15) is 9.59 Å². The Hall–Kier alpha value is -2.45. The van der Waals surface area contributed by atoms with E-state index < -0.39 is 0 Å². The van der Waals surface area contributed by atoms with Crippen molar-refractivity contribution in [3.63, 3.8) is 0 Å². The quantitative estimate of drug-likeness (QED) is 0.639. The largest absolute Gasteiger partial charge is 0.474 e. The lowest BCUT2D eigenvalue weighted by atomic mass is 9.95. The summed E-state index contributed by atoms with van der Waals surface area (Å²) in [6, 6.07) is 10.8. The van der Waals surface area contributed by atoms with Gasteiger partial charge in [-0.1, -0.05) is 15.9 Å². The van der Waals surface area contributed by atoms with E-state index in [-0.39, 0.29) is 17.7 Å². The van der Waals surface area contributed by atoms with Crippen LogP contribution in [0, 0.1) is 5.92 Å². The average Bonchev–Trinajstić information content (AvgIpc) is 2.75. The summed E-state index contributed by atoms with van der Waals surface area (Å²) in [5, 5.41) is 2.91. The summed E-state index contributed by atoms with van der Waals surface area (Å²) in [4.78, 5) is 31.3. The van der Waals surface area contributed by atoms with Crippen molar-refractivity contribution in [2.45, 2.75) is 12.8 Å². The molecule has 1 saturated heterocycles. The van der Waals surface area contributed by atoms with Crippen LogP contribution >= 0.6 is 15.9 Å². The molecule has 0 atom stereocenters. The predicted octanol–water partition coefficient (Wildman–Crippen LogP) is 3.36. The zero-order valence-electron chi connectivity index (χ0n) is 16.3. The number of benzene rings is 1. The van der Waals surface area contributed by atoms with Crippen molar-refractivity contribution in [1.82, 2.24) is 9.88 Å². The average molecular weight is 462 g/mol. The Bertz CT molecular complexity index is 836. The Balaban J connectivity index is 1.54. The third-order valence-corrected chi connectivity index (χ3v) is 5.33. The number of carbonyl (C=O) groups excluding carboxylic acids is 2. The first-order valence-corrected chi connectivity index (χ1v) is 10.3. The predicted molar refractivity (Wildman–Crippen MR) is 113 cm³/mol. The Labute approximate surface area is 178 Å². The molecule has 2 heterocycles. The maximum Gasteiger partial charge on any atom is 0.253 e. The van der Waals surface area contributed by atoms with Crippen LogP contribution in [0.25, 0.3) is 0 Å². The Morgan fingerprint density at radius 1 is 1.17 bits per heavy atom. The molecule has 7 nitrogen and oxygen atoms in total. The standard InChI is InChI=1S/C21H24BrN3O4/c1-28-13-14-29-20-18(3-2-10-23-20)24-19(26)15-8-11-25(12-9-15)21(27)16-4-6-17(22)7-5-16/h2-7,10,15H,8-9,11-14H2,1H3,(H,24,26). The number of nitrogens with one attached hydrogen (secondary N) is 1. The van der Waals surface area contributed by atoms with Crippen LogP contribution in [0.1, 0.15) is 23.2 Å². The number of pyridine rings is 1. The van der Waals surface area contributed by atoms with E-state index in [0.29, 0.717) is 56.3 Å². The number of nitrogens with zero attached hydrogens (tertiary/aromatic N) is 2. The van der Waals surface area contributed by atoms with Crippen LogP contribution in [0.3, 0.4) is 0 Å². The van der Waals surface area contributed by atoms with Crippen LogP contribution < -0.4 is 10.1 Å². The molecule has 0 aliphatic carbocycles. The Kier molecular flexibility index (Phi) is 7.60. The number of hydrogen-bond acceptors (Lipinski definition) is 5. The minimum absolute atomic E-state index is 0.00236. The lowest BCUT2D eigenvalue weighted by Crippen LogP contribution is -2.41. The van der Waals surface area contributed by atoms with E-state index in [1.165, 1.54) is 0 Å². The molecule has 1 aromatic carbocycles. The second kappa shape index (κ2) is 10.4. The number of methoxy groups -OCH3 is 1. The van der Waals surface area contributed by atoms with Gasteiger partial charge in [0.05, 0.1) is 6.61 Å². The van der Waals surface area contributed by atoms with Crippen molar-refractivity contribution < 1.29 is 19.1 Å². The van der Waals surface area contributed by atoms with E-state index in [4.69, 9.17) is 9.47 Å². The lowest BCUT2D eigenvalue weighted by Gasteiger charge is -2.31. The lowest BCUT2D eigenvalue weighted by molar-refractivity contribution is -0.121. The van der Waals surface area contributed by atoms with Crippen molar-refractivity contribution in [3.05, 3.63) is 52.6 Å². The number of likely N-dealkylation sites (tertiary alicyclic amines) is 1. The third-order valence-electron chi connectivity index (χ3n) is 4.80. The number of carbonyl (C=O) groups is 2. The third kappa shape index (κ3) is 5.77. The summed E-state index contributed by atoms with van der Waals surface area (Å²) in [6.45, 7) is 1.90. The number of ether oxygens (including phenoxy) is 2. The highest BCUT2D eigenvalue weighted by Gasteiger charge is 2.28. The van der Waals surface area contributed by atoms with Gasteiger partial charge in [-0.3, -0.25) is 9.59 Å². The zero-order chi connectivity index (χ0) is 20.6. The number of amides is 2. The van der Waals surface area contributed by atoms with Gasteiger partial charge in [-0.2, -0.15) is 0 Å². The van der Waals surface area contributed by atoms with Gasteiger partial charge < -0.3 is 19.7 Å². The molecular weight excluding hydrogens is 438 g/mol. The van der Waals surface area contributed by atoms with E-state index in [1.54, 1.807) is 42.5 Å². The molecule has 29 heavy (non-hydrogen) atoms. The van der Waals surface area contributed by atoms with Gasteiger partial charge in [0, 0.05) is 42.4 Å². The summed E-state index contributed by atoms with van der Waals surface area (Å²) < 4.78 is 11.5. The van der Waals surface area contributed by atoms with Gasteiger partial charge >= 0.3 is 0 Å². The molecule has 0 saturated carbocycles. The normalized spacial score (nSPS) is 14.5. The molecule has 1 aliphatic rings. The number of hydrogen-bond donors (Lipinski definition) is 1. The summed E-state index contributed by atoms with van der Waals surface area (Å²) >= 11 is 3.38. The molecule has 2 amide bonds. The molecule has 0 spiro atoms. The summed E-state index contributed by atoms with van der Waals surface area (Å²) in [7, 11) is 1.60. The Morgan fingerprint density at radius 3 is 2.59 bits per heavy atom. The summed E-state index contributed by atoms with van der Waals surface area (Å²) in [5.41, 5.74) is 1.20. The highest BCUT2D eigenvalue weighted by atomic mass is 79.9. The second-order valence-corrected chi connectivity index (χ2v) is 7.68. The number of halogens is 1. The SMILES string of the molecule is COCCOc1ncccc1NC(=O)C1CCN(C(=O)c2ccc(Br)cc2)CC1. The van der Waals surface area contributed by atoms with Gasteiger partial charge in [-0.05, 0) is 49.2 Å². The van der Waals surface area contributed by atoms with Crippen molar-refractivity contribution >= 4 is 33.4 Å². The van der Waals surface area contributed by atoms with Crippen LogP contribution in [-0.2, 0) is 9.53 Å². The van der Waals surface area contributed by atoms with Crippen molar-refractivity contribution in [2.24, 2.45) is 5.92 Å². The fraction of sp³-hybridized carbons (Fsp3) is 0.381. The topological polar surface area (TPSA) is 80.8 Å². The van der Waals surface area contributed by atoms with Crippen LogP contribution in [-0.4, -0.2) is 55.1 Å². The smallest absolute Gasteiger partial charge is 0.253 e. The van der Waals surface area contributed by atoms with Gasteiger partial charge in [0.2, 0.25) is 11.8 Å². The summed E-state index contributed by atoms with van der Waals surface area (Å²) in [6.07, 6.45) is 2.85. The molecule has 1 N–H and O–H groups in total. The first-order valence-electron chi connectivity index (χ1n) is 9.51. The molecular formula is C21H24BrN3O4. The fourth-order valence-electron chi connectivity index (χ4n) is 3.18. The molecule has 3 rings (SSSR count). The molecule has 8 heteroatoms. The van der Waals surface area contributed by atoms with Crippen LogP contribution in [0.2, 0.25) is 0 Å². The van der Waals surface area contributed by atoms with Crippen LogP contribution in [0.5, 0.6) is 5.88 Å². The van der Waals surface area contributed by atoms with E-state index in [2.05, 4.69) is 26.2 Å². The van der Waals surface area contributed by atoms with Crippen molar-refractivity contribution in [3.8, 4) is 5.88 Å². The Morgan fingerprint density at radius 2 is 1.90 bits per heavy atom. The maximum absolute atomic E-state index is 12.7. The van der Waals surface area contributed by atoms with Gasteiger partial charge in [0.25, 0.3) is 5.91 Å². The molecule has 1 aromatic heterocycles. The fourth-order valence-corrected chi connectivity index (χ4v) is 3.44. The molecule has 154 valence electrons. The van der Waals surface area contributed by atoms with Crippen LogP contribution in [0.4, 0.5) is 5.69 Å². The van der Waals surface area contributed by atoms with Gasteiger partial charge in [0.15, 0.2) is 0 Å². The van der Waals surface area contributed by atoms with Gasteiger partial charge in [-0.15, -0.1) is 0 Å². The molecule has 2 aromatic rings. The van der Waals surface area contributed by atoms with Crippen LogP contribution in [0.15, 0.2) is 47.1 Å². The number of rotatable bonds is 7. The van der Waals surface area contributed by atoms with Gasteiger partial charge in [-0.25, -0.2) is 4.98 Å². The number of anilines is 1. The minimum atomic E-state index is -0.156. The highest BCUT2D eigenvalue weighted by Crippen LogP contribution is 2.25. The number of piperidine rings is 1. The molecule has 1 aliphatic heterocycles. The minimum Gasteiger partial charge on any atom is -0.474 e. The maximum atomic E-state index is 12.7. The number of aromatic nitrogens is 1. The van der Waals surface area contributed by atoms with E-state index in [1.807, 2.05) is 12.1 Å². The van der Waals surface area contributed by atoms with Gasteiger partial charge in [0.1, 0.15) is 12.3 Å². The molecule has 1 fully saturated rings. The van der Waals surface area contributed by atoms with Crippen molar-refractivity contribution in [1.29, 1.82) is 0 Å². The first kappa shape index (κ1) is 21.3. The first-order chi connectivity index (χ1) is 14.1. The van der Waals surface area contributed by atoms with Crippen molar-refractivity contribution in [2.75, 3.05) is 38.7 Å². The second-order valence-electron chi connectivity index (χ2n) is 6.76. The molecule has 0 bridgehead atoms. The highest BCUT2D eigenvalue weighted by molar-refractivity contribution is 9.10.